The first-order valence-electron chi connectivity index (χ1n) is 8.62. The molecule has 3 rings (SSSR count). The molecule has 4 nitrogen and oxygen atoms in total. The van der Waals surface area contributed by atoms with Crippen LogP contribution in [-0.4, -0.2) is 40.7 Å². The average molecular weight is 323 g/mol. The Kier molecular flexibility index (Phi) is 5.16. The molecule has 0 spiro atoms. The maximum atomic E-state index is 5.92. The van der Waals surface area contributed by atoms with E-state index in [0.717, 1.165) is 36.4 Å². The van der Waals surface area contributed by atoms with Crippen LogP contribution in [0.25, 0.3) is 16.7 Å². The van der Waals surface area contributed by atoms with Crippen LogP contribution in [0.2, 0.25) is 0 Å². The number of para-hydroxylation sites is 1. The lowest BCUT2D eigenvalue weighted by Crippen LogP contribution is -2.28. The molecular formula is C20H25N3O. The molecule has 0 aliphatic rings. The van der Waals surface area contributed by atoms with Crippen LogP contribution in [0.5, 0.6) is 5.88 Å². The molecule has 0 aliphatic heterocycles. The first kappa shape index (κ1) is 16.5. The second-order valence-corrected chi connectivity index (χ2v) is 5.91. The van der Waals surface area contributed by atoms with Crippen LogP contribution in [0.4, 0.5) is 0 Å². The van der Waals surface area contributed by atoms with Gasteiger partial charge in [-0.05, 0) is 43.8 Å². The number of nitrogens with zero attached hydrogens (tertiary/aromatic N) is 3. The minimum Gasteiger partial charge on any atom is -0.476 e. The summed E-state index contributed by atoms with van der Waals surface area (Å²) in [5.74, 6) is 0.697. The third kappa shape index (κ3) is 3.44. The van der Waals surface area contributed by atoms with E-state index in [-0.39, 0.29) is 0 Å². The summed E-state index contributed by atoms with van der Waals surface area (Å²) in [7, 11) is 0. The van der Waals surface area contributed by atoms with E-state index in [1.54, 1.807) is 0 Å². The van der Waals surface area contributed by atoms with Gasteiger partial charge in [0.1, 0.15) is 12.3 Å². The van der Waals surface area contributed by atoms with Crippen LogP contribution in [0.1, 0.15) is 19.4 Å². The van der Waals surface area contributed by atoms with E-state index < -0.39 is 0 Å². The van der Waals surface area contributed by atoms with Gasteiger partial charge in [0.2, 0.25) is 5.88 Å². The molecule has 2 heterocycles. The monoisotopic (exact) mass is 323 g/mol. The average Bonchev–Trinajstić information content (AvgIpc) is 3.04. The van der Waals surface area contributed by atoms with Gasteiger partial charge in [-0.25, -0.2) is 0 Å². The van der Waals surface area contributed by atoms with Crippen LogP contribution >= 0.6 is 0 Å². The minimum absolute atomic E-state index is 0.658. The first-order valence-corrected chi connectivity index (χ1v) is 8.62. The van der Waals surface area contributed by atoms with E-state index in [4.69, 9.17) is 9.72 Å². The Morgan fingerprint density at radius 3 is 2.54 bits per heavy atom. The Labute approximate surface area is 143 Å². The van der Waals surface area contributed by atoms with Crippen molar-refractivity contribution in [2.24, 2.45) is 0 Å². The van der Waals surface area contributed by atoms with E-state index in [9.17, 15) is 0 Å². The lowest BCUT2D eigenvalue weighted by Gasteiger charge is -2.18. The summed E-state index contributed by atoms with van der Waals surface area (Å²) < 4.78 is 8.03. The fraction of sp³-hybridized carbons (Fsp3) is 0.350. The predicted molar refractivity (Wildman–Crippen MR) is 99.1 cm³/mol. The molecule has 2 aromatic heterocycles. The van der Waals surface area contributed by atoms with Gasteiger partial charge in [0.15, 0.2) is 0 Å². The Balaban J connectivity index is 1.85. The van der Waals surface area contributed by atoms with Crippen LogP contribution in [0.3, 0.4) is 0 Å². The smallest absolute Gasteiger partial charge is 0.215 e. The quantitative estimate of drug-likeness (QED) is 0.657. The van der Waals surface area contributed by atoms with Crippen molar-refractivity contribution in [3.63, 3.8) is 0 Å². The van der Waals surface area contributed by atoms with E-state index in [1.165, 1.54) is 5.56 Å². The maximum Gasteiger partial charge on any atom is 0.215 e. The molecule has 24 heavy (non-hydrogen) atoms. The largest absolute Gasteiger partial charge is 0.476 e. The van der Waals surface area contributed by atoms with Crippen molar-refractivity contribution in [1.29, 1.82) is 0 Å². The second kappa shape index (κ2) is 7.49. The number of fused-ring (bicyclic) bond motifs is 1. The zero-order chi connectivity index (χ0) is 16.9. The fourth-order valence-electron chi connectivity index (χ4n) is 2.94. The number of hydrogen-bond acceptors (Lipinski definition) is 3. The van der Waals surface area contributed by atoms with Crippen molar-refractivity contribution in [2.75, 3.05) is 26.2 Å². The molecule has 4 heteroatoms. The number of rotatable bonds is 7. The Morgan fingerprint density at radius 1 is 1.08 bits per heavy atom. The molecule has 1 aromatic carbocycles. The van der Waals surface area contributed by atoms with Crippen molar-refractivity contribution in [1.82, 2.24) is 14.5 Å². The Hall–Kier alpha value is -2.33. The number of aromatic nitrogens is 2. The molecule has 126 valence electrons. The SMILES string of the molecule is CCN(CC)CCOc1cc(C)c2ccn(-c3ccccc3)c2n1. The molecule has 0 atom stereocenters. The Bertz CT molecular complexity index is 791. The minimum atomic E-state index is 0.658. The zero-order valence-electron chi connectivity index (χ0n) is 14.7. The maximum absolute atomic E-state index is 5.92. The van der Waals surface area contributed by atoms with Crippen molar-refractivity contribution in [3.05, 3.63) is 54.2 Å². The van der Waals surface area contributed by atoms with Gasteiger partial charge in [0, 0.05) is 29.9 Å². The summed E-state index contributed by atoms with van der Waals surface area (Å²) in [5, 5.41) is 1.16. The number of hydrogen-bond donors (Lipinski definition) is 0. The summed E-state index contributed by atoms with van der Waals surface area (Å²) in [4.78, 5) is 7.09. The van der Waals surface area contributed by atoms with Gasteiger partial charge in [-0.15, -0.1) is 0 Å². The molecule has 0 aliphatic carbocycles. The highest BCUT2D eigenvalue weighted by molar-refractivity contribution is 5.82. The number of pyridine rings is 1. The van der Waals surface area contributed by atoms with Crippen LogP contribution < -0.4 is 4.74 Å². The lowest BCUT2D eigenvalue weighted by molar-refractivity contribution is 0.218. The van der Waals surface area contributed by atoms with E-state index >= 15 is 0 Å². The van der Waals surface area contributed by atoms with Crippen molar-refractivity contribution < 1.29 is 4.74 Å². The third-order valence-electron chi connectivity index (χ3n) is 4.43. The standard InChI is InChI=1S/C20H25N3O/c1-4-22(5-2)13-14-24-19-15-16(3)18-11-12-23(20(18)21-19)17-9-7-6-8-10-17/h6-12,15H,4-5,13-14H2,1-3H3. The Morgan fingerprint density at radius 2 is 1.83 bits per heavy atom. The molecule has 0 unspecified atom stereocenters. The molecule has 0 fully saturated rings. The number of benzene rings is 1. The van der Waals surface area contributed by atoms with Gasteiger partial charge in [-0.3, -0.25) is 0 Å². The summed E-state index contributed by atoms with van der Waals surface area (Å²) in [6, 6.07) is 14.4. The topological polar surface area (TPSA) is 30.3 Å². The number of likely N-dealkylation sites (N-methyl/N-ethyl adjacent to an activating group) is 1. The van der Waals surface area contributed by atoms with Gasteiger partial charge in [0.25, 0.3) is 0 Å². The molecule has 0 amide bonds. The van der Waals surface area contributed by atoms with Gasteiger partial charge in [0.05, 0.1) is 0 Å². The highest BCUT2D eigenvalue weighted by atomic mass is 16.5. The van der Waals surface area contributed by atoms with Gasteiger partial charge >= 0.3 is 0 Å². The third-order valence-corrected chi connectivity index (χ3v) is 4.43. The normalized spacial score (nSPS) is 11.3. The van der Waals surface area contributed by atoms with Gasteiger partial charge in [-0.2, -0.15) is 4.98 Å². The fourth-order valence-corrected chi connectivity index (χ4v) is 2.94. The predicted octanol–water partition coefficient (Wildman–Crippen LogP) is 4.05. The molecule has 0 radical (unpaired) electrons. The first-order chi connectivity index (χ1) is 11.7. The summed E-state index contributed by atoms with van der Waals surface area (Å²) in [5.41, 5.74) is 3.24. The molecule has 0 N–H and O–H groups in total. The van der Waals surface area contributed by atoms with Crippen LogP contribution in [0, 0.1) is 6.92 Å². The van der Waals surface area contributed by atoms with Gasteiger partial charge in [-0.1, -0.05) is 32.0 Å². The summed E-state index contributed by atoms with van der Waals surface area (Å²) in [6.45, 7) is 10.1. The number of ether oxygens (including phenoxy) is 1. The molecule has 0 saturated carbocycles. The van der Waals surface area contributed by atoms with Crippen molar-refractivity contribution in [3.8, 4) is 11.6 Å². The molecule has 0 bridgehead atoms. The molecule has 0 saturated heterocycles. The molecular weight excluding hydrogens is 298 g/mol. The van der Waals surface area contributed by atoms with Crippen molar-refractivity contribution >= 4 is 11.0 Å². The van der Waals surface area contributed by atoms with E-state index in [2.05, 4.69) is 54.6 Å². The van der Waals surface area contributed by atoms with E-state index in [0.29, 0.717) is 12.5 Å². The summed E-state index contributed by atoms with van der Waals surface area (Å²) in [6.07, 6.45) is 2.07. The van der Waals surface area contributed by atoms with Crippen molar-refractivity contribution in [2.45, 2.75) is 20.8 Å². The van der Waals surface area contributed by atoms with E-state index in [1.807, 2.05) is 24.3 Å². The van der Waals surface area contributed by atoms with Gasteiger partial charge < -0.3 is 14.2 Å². The van der Waals surface area contributed by atoms with Crippen LogP contribution in [-0.2, 0) is 0 Å². The van der Waals surface area contributed by atoms with Crippen LogP contribution in [0.15, 0.2) is 48.7 Å². The lowest BCUT2D eigenvalue weighted by atomic mass is 10.2. The second-order valence-electron chi connectivity index (χ2n) is 5.91. The highest BCUT2D eigenvalue weighted by Crippen LogP contribution is 2.25. The molecule has 3 aromatic rings. The zero-order valence-corrected chi connectivity index (χ0v) is 14.7. The highest BCUT2D eigenvalue weighted by Gasteiger charge is 2.10. The number of aryl methyl sites for hydroxylation is 1. The summed E-state index contributed by atoms with van der Waals surface area (Å²) >= 11 is 0.